The monoisotopic (exact) mass is 284 g/mol. The number of rotatable bonds is 5. The van der Waals surface area contributed by atoms with Crippen molar-refractivity contribution in [2.24, 2.45) is 0 Å². The maximum atomic E-state index is 11.9. The van der Waals surface area contributed by atoms with E-state index in [1.165, 1.54) is 0 Å². The summed E-state index contributed by atoms with van der Waals surface area (Å²) in [5.41, 5.74) is 0.388. The van der Waals surface area contributed by atoms with Crippen LogP contribution in [0.3, 0.4) is 0 Å². The van der Waals surface area contributed by atoms with E-state index < -0.39 is 10.0 Å². The highest BCUT2D eigenvalue weighted by Gasteiger charge is 2.22. The first kappa shape index (κ1) is 13.9. The molecule has 0 saturated heterocycles. The summed E-state index contributed by atoms with van der Waals surface area (Å²) in [4.78, 5) is 3.85. The molecular weight excluding hydrogens is 272 g/mol. The van der Waals surface area contributed by atoms with E-state index >= 15 is 0 Å². The minimum atomic E-state index is -3.58. The Morgan fingerprint density at radius 2 is 2.25 bits per heavy atom. The number of thiazole rings is 1. The number of aliphatic hydroxyl groups is 1. The first-order valence-electron chi connectivity index (χ1n) is 4.63. The summed E-state index contributed by atoms with van der Waals surface area (Å²) in [5.74, 6) is 0. The number of halogens is 1. The van der Waals surface area contributed by atoms with E-state index in [0.29, 0.717) is 12.1 Å². The molecule has 8 heteroatoms. The molecule has 1 aromatic heterocycles. The molecule has 2 N–H and O–H groups in total. The second kappa shape index (κ2) is 5.42. The Balaban J connectivity index is 2.90. The van der Waals surface area contributed by atoms with Gasteiger partial charge >= 0.3 is 0 Å². The molecule has 92 valence electrons. The third-order valence-corrected chi connectivity index (χ3v) is 5.35. The van der Waals surface area contributed by atoms with Gasteiger partial charge in [-0.25, -0.2) is 18.1 Å². The van der Waals surface area contributed by atoms with Crippen molar-refractivity contribution in [2.75, 3.05) is 6.61 Å². The van der Waals surface area contributed by atoms with Crippen molar-refractivity contribution in [1.82, 2.24) is 9.71 Å². The number of aromatic nitrogens is 1. The van der Waals surface area contributed by atoms with Crippen LogP contribution in [0.4, 0.5) is 0 Å². The lowest BCUT2D eigenvalue weighted by Gasteiger charge is -2.11. The van der Waals surface area contributed by atoms with E-state index in [9.17, 15) is 8.42 Å². The average Bonchev–Trinajstić information content (AvgIpc) is 2.45. The number of aliphatic hydroxyl groups excluding tert-OH is 1. The summed E-state index contributed by atoms with van der Waals surface area (Å²) < 4.78 is 26.5. The van der Waals surface area contributed by atoms with E-state index in [1.807, 2.05) is 0 Å². The maximum Gasteiger partial charge on any atom is 0.252 e. The molecule has 0 radical (unpaired) electrons. The summed E-state index contributed by atoms with van der Waals surface area (Å²) in [5, 5.41) is 8.70. The number of aryl methyl sites for hydroxylation is 1. The Hall–Kier alpha value is -0.210. The first-order chi connectivity index (χ1) is 7.36. The molecule has 0 aliphatic heterocycles. The minimum absolute atomic E-state index is 0.0634. The first-order valence-corrected chi connectivity index (χ1v) is 7.30. The van der Waals surface area contributed by atoms with Crippen LogP contribution in [0, 0.1) is 6.92 Å². The van der Waals surface area contributed by atoms with Crippen LogP contribution in [0.25, 0.3) is 0 Å². The zero-order valence-electron chi connectivity index (χ0n) is 8.90. The van der Waals surface area contributed by atoms with Crippen LogP contribution in [0.2, 0.25) is 4.47 Å². The van der Waals surface area contributed by atoms with Gasteiger partial charge in [0, 0.05) is 12.6 Å². The summed E-state index contributed by atoms with van der Waals surface area (Å²) in [6.07, 6.45) is 0.366. The number of hydrogen-bond donors (Lipinski definition) is 2. The van der Waals surface area contributed by atoms with Crippen molar-refractivity contribution in [3.63, 3.8) is 0 Å². The SMILES string of the molecule is Cc1nc(Cl)sc1S(=O)(=O)NC(C)CCO. The van der Waals surface area contributed by atoms with Gasteiger partial charge in [0.1, 0.15) is 0 Å². The fraction of sp³-hybridized carbons (Fsp3) is 0.625. The van der Waals surface area contributed by atoms with E-state index in [2.05, 4.69) is 9.71 Å². The number of nitrogens with one attached hydrogen (secondary N) is 1. The molecule has 1 heterocycles. The molecule has 1 aromatic rings. The largest absolute Gasteiger partial charge is 0.396 e. The van der Waals surface area contributed by atoms with E-state index in [-0.39, 0.29) is 21.3 Å². The Labute approximate surface area is 104 Å². The van der Waals surface area contributed by atoms with Gasteiger partial charge in [-0.15, -0.1) is 0 Å². The highest BCUT2D eigenvalue weighted by molar-refractivity contribution is 7.91. The molecule has 0 saturated carbocycles. The maximum absolute atomic E-state index is 11.9. The highest BCUT2D eigenvalue weighted by atomic mass is 35.5. The van der Waals surface area contributed by atoms with Crippen molar-refractivity contribution >= 4 is 33.0 Å². The molecule has 5 nitrogen and oxygen atoms in total. The van der Waals surface area contributed by atoms with Crippen LogP contribution in [0.5, 0.6) is 0 Å². The van der Waals surface area contributed by atoms with Crippen LogP contribution in [-0.4, -0.2) is 31.2 Å². The van der Waals surface area contributed by atoms with Gasteiger partial charge < -0.3 is 5.11 Å². The molecule has 0 spiro atoms. The fourth-order valence-corrected chi connectivity index (χ4v) is 4.20. The van der Waals surface area contributed by atoms with E-state index in [1.54, 1.807) is 13.8 Å². The van der Waals surface area contributed by atoms with E-state index in [4.69, 9.17) is 16.7 Å². The van der Waals surface area contributed by atoms with Gasteiger partial charge in [0.25, 0.3) is 10.0 Å². The third-order valence-electron chi connectivity index (χ3n) is 1.89. The Morgan fingerprint density at radius 3 is 2.69 bits per heavy atom. The molecule has 1 rings (SSSR count). The van der Waals surface area contributed by atoms with Crippen LogP contribution in [-0.2, 0) is 10.0 Å². The number of sulfonamides is 1. The Morgan fingerprint density at radius 1 is 1.62 bits per heavy atom. The standard InChI is InChI=1S/C8H13ClN2O3S2/c1-5(3-4-12)11-16(13,14)7-6(2)10-8(9)15-7/h5,11-12H,3-4H2,1-2H3. The lowest BCUT2D eigenvalue weighted by Crippen LogP contribution is -2.33. The van der Waals surface area contributed by atoms with Crippen LogP contribution in [0.1, 0.15) is 19.0 Å². The van der Waals surface area contributed by atoms with Gasteiger partial charge in [-0.3, -0.25) is 0 Å². The summed E-state index contributed by atoms with van der Waals surface area (Å²) >= 11 is 6.57. The van der Waals surface area contributed by atoms with Gasteiger partial charge in [-0.2, -0.15) is 0 Å². The highest BCUT2D eigenvalue weighted by Crippen LogP contribution is 2.26. The number of hydrogen-bond acceptors (Lipinski definition) is 5. The van der Waals surface area contributed by atoms with Crippen molar-refractivity contribution in [1.29, 1.82) is 0 Å². The molecule has 0 aliphatic carbocycles. The molecule has 0 aromatic carbocycles. The molecule has 1 unspecified atom stereocenters. The van der Waals surface area contributed by atoms with Crippen molar-refractivity contribution in [3.8, 4) is 0 Å². The second-order valence-electron chi connectivity index (χ2n) is 3.37. The third kappa shape index (κ3) is 3.39. The lowest BCUT2D eigenvalue weighted by molar-refractivity contribution is 0.275. The predicted molar refractivity (Wildman–Crippen MR) is 63.3 cm³/mol. The van der Waals surface area contributed by atoms with E-state index in [0.717, 1.165) is 11.3 Å². The Bertz CT molecular complexity index is 458. The zero-order chi connectivity index (χ0) is 12.3. The molecule has 16 heavy (non-hydrogen) atoms. The zero-order valence-corrected chi connectivity index (χ0v) is 11.3. The van der Waals surface area contributed by atoms with Crippen molar-refractivity contribution in [2.45, 2.75) is 30.5 Å². The molecule has 0 bridgehead atoms. The fourth-order valence-electron chi connectivity index (χ4n) is 1.17. The summed E-state index contributed by atoms with van der Waals surface area (Å²) in [6, 6.07) is -0.324. The van der Waals surface area contributed by atoms with Gasteiger partial charge in [0.2, 0.25) is 0 Å². The molecule has 0 aliphatic rings. The van der Waals surface area contributed by atoms with Crippen LogP contribution < -0.4 is 4.72 Å². The molecule has 0 fully saturated rings. The predicted octanol–water partition coefficient (Wildman–Crippen LogP) is 1.15. The smallest absolute Gasteiger partial charge is 0.252 e. The van der Waals surface area contributed by atoms with Crippen LogP contribution in [0.15, 0.2) is 4.21 Å². The van der Waals surface area contributed by atoms with Gasteiger partial charge in [0.15, 0.2) is 8.68 Å². The number of nitrogens with zero attached hydrogens (tertiary/aromatic N) is 1. The molecule has 0 amide bonds. The topological polar surface area (TPSA) is 79.3 Å². The quantitative estimate of drug-likeness (QED) is 0.850. The summed E-state index contributed by atoms with van der Waals surface area (Å²) in [6.45, 7) is 3.21. The van der Waals surface area contributed by atoms with Crippen LogP contribution >= 0.6 is 22.9 Å². The van der Waals surface area contributed by atoms with Gasteiger partial charge in [-0.05, 0) is 20.3 Å². The minimum Gasteiger partial charge on any atom is -0.396 e. The normalized spacial score (nSPS) is 14.0. The van der Waals surface area contributed by atoms with Crippen molar-refractivity contribution in [3.05, 3.63) is 10.2 Å². The van der Waals surface area contributed by atoms with Gasteiger partial charge in [0.05, 0.1) is 5.69 Å². The molecule has 1 atom stereocenters. The second-order valence-corrected chi connectivity index (χ2v) is 6.86. The Kier molecular flexibility index (Phi) is 4.69. The lowest BCUT2D eigenvalue weighted by atomic mass is 10.3. The average molecular weight is 285 g/mol. The summed E-state index contributed by atoms with van der Waals surface area (Å²) in [7, 11) is -3.58. The van der Waals surface area contributed by atoms with Gasteiger partial charge in [-0.1, -0.05) is 22.9 Å². The van der Waals surface area contributed by atoms with Crippen molar-refractivity contribution < 1.29 is 13.5 Å². The molecular formula is C8H13ClN2O3S2.